The summed E-state index contributed by atoms with van der Waals surface area (Å²) in [5.41, 5.74) is 1.93. The molecule has 0 bridgehead atoms. The molecule has 0 atom stereocenters. The van der Waals surface area contributed by atoms with Gasteiger partial charge in [-0.2, -0.15) is 4.98 Å². The first-order valence-corrected chi connectivity index (χ1v) is 14.5. The van der Waals surface area contributed by atoms with Crippen molar-refractivity contribution in [3.8, 4) is 23.0 Å². The number of para-hydroxylation sites is 1. The quantitative estimate of drug-likeness (QED) is 0.263. The van der Waals surface area contributed by atoms with Crippen LogP contribution in [-0.4, -0.2) is 63.6 Å². The number of aromatic nitrogens is 2. The molecule has 9 nitrogen and oxygen atoms in total. The van der Waals surface area contributed by atoms with Crippen LogP contribution in [0.4, 0.5) is 11.8 Å². The van der Waals surface area contributed by atoms with E-state index in [1.165, 1.54) is 0 Å². The molecule has 4 rings (SSSR count). The Kier molecular flexibility index (Phi) is 10.5. The predicted octanol–water partition coefficient (Wildman–Crippen LogP) is 5.66. The number of rotatable bonds is 14. The van der Waals surface area contributed by atoms with Crippen LogP contribution in [0.3, 0.4) is 0 Å². The van der Waals surface area contributed by atoms with E-state index in [4.69, 9.17) is 28.9 Å². The molecule has 2 aromatic carbocycles. The van der Waals surface area contributed by atoms with Gasteiger partial charge in [-0.15, -0.1) is 0 Å². The molecule has 0 amide bonds. The first-order chi connectivity index (χ1) is 19.5. The van der Waals surface area contributed by atoms with Gasteiger partial charge in [0, 0.05) is 44.7 Å². The Labute approximate surface area is 238 Å². The van der Waals surface area contributed by atoms with Crippen LogP contribution in [0.1, 0.15) is 52.0 Å². The average molecular weight is 552 g/mol. The minimum Gasteiger partial charge on any atom is -0.493 e. The Bertz CT molecular complexity index is 1240. The second-order valence-electron chi connectivity index (χ2n) is 10.3. The van der Waals surface area contributed by atoms with Gasteiger partial charge in [0.05, 0.1) is 38.0 Å². The maximum Gasteiger partial charge on any atom is 0.225 e. The molecule has 0 spiro atoms. The van der Waals surface area contributed by atoms with Crippen LogP contribution >= 0.6 is 0 Å². The first kappa shape index (κ1) is 29.5. The number of ether oxygens (including phenoxy) is 4. The third kappa shape index (κ3) is 6.99. The highest BCUT2D eigenvalue weighted by Gasteiger charge is 2.25. The molecule has 1 aliphatic carbocycles. The third-order valence-electron chi connectivity index (χ3n) is 7.33. The Balaban J connectivity index is 1.37. The minimum atomic E-state index is 0.426. The van der Waals surface area contributed by atoms with E-state index < -0.39 is 0 Å². The third-order valence-corrected chi connectivity index (χ3v) is 7.33. The van der Waals surface area contributed by atoms with Crippen molar-refractivity contribution in [2.24, 2.45) is 5.92 Å². The van der Waals surface area contributed by atoms with Gasteiger partial charge in [-0.3, -0.25) is 0 Å². The van der Waals surface area contributed by atoms with Gasteiger partial charge in [0.25, 0.3) is 0 Å². The number of hydrogen-bond donors (Lipinski definition) is 2. The number of anilines is 2. The number of nitrogens with zero attached hydrogens (tertiary/aromatic N) is 3. The molecule has 40 heavy (non-hydrogen) atoms. The van der Waals surface area contributed by atoms with E-state index in [1.807, 2.05) is 64.0 Å². The van der Waals surface area contributed by atoms with Crippen LogP contribution in [-0.2, 0) is 6.54 Å². The van der Waals surface area contributed by atoms with Gasteiger partial charge in [-0.05, 0) is 64.5 Å². The zero-order valence-corrected chi connectivity index (χ0v) is 24.9. The normalized spacial score (nSPS) is 16.9. The molecule has 0 unspecified atom stereocenters. The first-order valence-electron chi connectivity index (χ1n) is 14.5. The lowest BCUT2D eigenvalue weighted by atomic mass is 9.86. The standard InChI is InChI=1S/C31H45N5O4/c1-7-38-26-18-27(39-8-2)29(37-6)28(40-9-3)24(26)20-32-22-16-14-21(15-17-22)19-33-31-34-25-13-11-10-12-23(25)30(35-31)36(4)5/h10-13,18,21-22,32H,7-9,14-17,19-20H2,1-6H3,(H,33,34,35)/t21-,22+. The van der Waals surface area contributed by atoms with Gasteiger partial charge < -0.3 is 34.5 Å². The Hall–Kier alpha value is -3.46. The van der Waals surface area contributed by atoms with E-state index in [9.17, 15) is 0 Å². The number of fused-ring (bicyclic) bond motifs is 1. The lowest BCUT2D eigenvalue weighted by molar-refractivity contribution is 0.266. The van der Waals surface area contributed by atoms with Crippen molar-refractivity contribution in [2.75, 3.05) is 57.8 Å². The van der Waals surface area contributed by atoms with Gasteiger partial charge in [-0.25, -0.2) is 4.98 Å². The van der Waals surface area contributed by atoms with Crippen LogP contribution in [0.2, 0.25) is 0 Å². The Morgan fingerprint density at radius 1 is 0.875 bits per heavy atom. The van der Waals surface area contributed by atoms with Crippen molar-refractivity contribution >= 4 is 22.7 Å². The van der Waals surface area contributed by atoms with Crippen LogP contribution in [0.5, 0.6) is 23.0 Å². The van der Waals surface area contributed by atoms with Crippen molar-refractivity contribution in [3.05, 3.63) is 35.9 Å². The summed E-state index contributed by atoms with van der Waals surface area (Å²) in [5, 5.41) is 8.35. The molecular weight excluding hydrogens is 506 g/mol. The zero-order chi connectivity index (χ0) is 28.5. The highest BCUT2D eigenvalue weighted by atomic mass is 16.5. The van der Waals surface area contributed by atoms with Crippen molar-refractivity contribution in [1.29, 1.82) is 0 Å². The molecule has 0 radical (unpaired) electrons. The van der Waals surface area contributed by atoms with Gasteiger partial charge in [-0.1, -0.05) is 12.1 Å². The molecule has 1 saturated carbocycles. The van der Waals surface area contributed by atoms with Gasteiger partial charge in [0.15, 0.2) is 11.5 Å². The lowest BCUT2D eigenvalue weighted by Crippen LogP contribution is -2.34. The fraction of sp³-hybridized carbons (Fsp3) is 0.548. The lowest BCUT2D eigenvalue weighted by Gasteiger charge is -2.30. The number of methoxy groups -OCH3 is 1. The van der Waals surface area contributed by atoms with Crippen molar-refractivity contribution in [1.82, 2.24) is 15.3 Å². The summed E-state index contributed by atoms with van der Waals surface area (Å²) in [6, 6.07) is 10.5. The molecule has 9 heteroatoms. The fourth-order valence-corrected chi connectivity index (χ4v) is 5.37. The summed E-state index contributed by atoms with van der Waals surface area (Å²) in [7, 11) is 5.69. The minimum absolute atomic E-state index is 0.426. The number of nitrogens with one attached hydrogen (secondary N) is 2. The van der Waals surface area contributed by atoms with Crippen molar-refractivity contribution in [3.63, 3.8) is 0 Å². The molecule has 2 N–H and O–H groups in total. The summed E-state index contributed by atoms with van der Waals surface area (Å²) in [6.45, 7) is 9.05. The highest BCUT2D eigenvalue weighted by Crippen LogP contribution is 2.45. The SMILES string of the molecule is CCOc1cc(OCC)c(OC)c(OCC)c1CN[C@H]1CC[C@@H](CNc2nc(N(C)C)c3ccccc3n2)CC1. The summed E-state index contributed by atoms with van der Waals surface area (Å²) >= 11 is 0. The van der Waals surface area contributed by atoms with E-state index in [1.54, 1.807) is 7.11 Å². The molecule has 1 aliphatic rings. The van der Waals surface area contributed by atoms with E-state index in [0.29, 0.717) is 61.5 Å². The van der Waals surface area contributed by atoms with Crippen LogP contribution < -0.4 is 34.5 Å². The monoisotopic (exact) mass is 551 g/mol. The molecule has 1 aromatic heterocycles. The van der Waals surface area contributed by atoms with Crippen LogP contribution in [0, 0.1) is 5.92 Å². The molecule has 0 saturated heterocycles. The number of hydrogen-bond acceptors (Lipinski definition) is 9. The topological polar surface area (TPSA) is 90.0 Å². The second-order valence-corrected chi connectivity index (χ2v) is 10.3. The smallest absolute Gasteiger partial charge is 0.225 e. The Morgan fingerprint density at radius 2 is 1.57 bits per heavy atom. The molecule has 1 fully saturated rings. The van der Waals surface area contributed by atoms with E-state index >= 15 is 0 Å². The van der Waals surface area contributed by atoms with E-state index in [-0.39, 0.29) is 0 Å². The average Bonchev–Trinajstić information content (AvgIpc) is 2.96. The highest BCUT2D eigenvalue weighted by molar-refractivity contribution is 5.90. The fourth-order valence-electron chi connectivity index (χ4n) is 5.37. The molecule has 3 aromatic rings. The van der Waals surface area contributed by atoms with Crippen LogP contribution in [0.15, 0.2) is 30.3 Å². The summed E-state index contributed by atoms with van der Waals surface area (Å²) in [4.78, 5) is 11.6. The maximum atomic E-state index is 6.07. The predicted molar refractivity (Wildman–Crippen MR) is 161 cm³/mol. The zero-order valence-electron chi connectivity index (χ0n) is 24.9. The van der Waals surface area contributed by atoms with Gasteiger partial charge >= 0.3 is 0 Å². The summed E-state index contributed by atoms with van der Waals surface area (Å²) in [5.74, 6) is 4.93. The van der Waals surface area contributed by atoms with Crippen molar-refractivity contribution in [2.45, 2.75) is 59.0 Å². The summed E-state index contributed by atoms with van der Waals surface area (Å²) < 4.78 is 23.6. The maximum absolute atomic E-state index is 6.07. The Morgan fingerprint density at radius 3 is 2.25 bits per heavy atom. The molecule has 0 aliphatic heterocycles. The molecular formula is C31H45N5O4. The molecule has 1 heterocycles. The van der Waals surface area contributed by atoms with E-state index in [2.05, 4.69) is 16.7 Å². The summed E-state index contributed by atoms with van der Waals surface area (Å²) in [6.07, 6.45) is 4.50. The van der Waals surface area contributed by atoms with Gasteiger partial charge in [0.1, 0.15) is 11.6 Å². The van der Waals surface area contributed by atoms with Crippen LogP contribution in [0.25, 0.3) is 10.9 Å². The molecule has 218 valence electrons. The second kappa shape index (κ2) is 14.3. The number of benzene rings is 2. The van der Waals surface area contributed by atoms with E-state index in [0.717, 1.165) is 60.3 Å². The van der Waals surface area contributed by atoms with Gasteiger partial charge in [0.2, 0.25) is 11.7 Å². The largest absolute Gasteiger partial charge is 0.493 e. The van der Waals surface area contributed by atoms with Crippen molar-refractivity contribution < 1.29 is 18.9 Å².